The van der Waals surface area contributed by atoms with Gasteiger partial charge < -0.3 is 9.84 Å². The van der Waals surface area contributed by atoms with E-state index < -0.39 is 0 Å². The van der Waals surface area contributed by atoms with Gasteiger partial charge >= 0.3 is 0 Å². The first-order chi connectivity index (χ1) is 7.81. The highest BCUT2D eigenvalue weighted by atomic mass is 16.5. The fourth-order valence-electron chi connectivity index (χ4n) is 2.10. The van der Waals surface area contributed by atoms with Crippen molar-refractivity contribution in [1.29, 1.82) is 0 Å². The highest BCUT2D eigenvalue weighted by molar-refractivity contribution is 5.28. The van der Waals surface area contributed by atoms with Crippen molar-refractivity contribution in [1.82, 2.24) is 0 Å². The van der Waals surface area contributed by atoms with Crippen molar-refractivity contribution in [3.05, 3.63) is 35.4 Å². The molecule has 0 bridgehead atoms. The van der Waals surface area contributed by atoms with Crippen LogP contribution in [0.15, 0.2) is 24.3 Å². The maximum atomic E-state index is 10.1. The number of rotatable bonds is 6. The lowest BCUT2D eigenvalue weighted by molar-refractivity contribution is 0.151. The van der Waals surface area contributed by atoms with Gasteiger partial charge in [0.15, 0.2) is 0 Å². The second-order valence-corrected chi connectivity index (χ2v) is 4.67. The van der Waals surface area contributed by atoms with Crippen molar-refractivity contribution in [2.24, 2.45) is 5.92 Å². The Bertz CT molecular complexity index is 331. The standard InChI is InChI=1S/C14H20O2/c1-16-10-12-4-2-3-5-13(12)14(15)9-8-11-6-7-11/h2-5,11,14-15H,6-10H2,1H3. The van der Waals surface area contributed by atoms with Gasteiger partial charge in [0.2, 0.25) is 0 Å². The van der Waals surface area contributed by atoms with Crippen LogP contribution >= 0.6 is 0 Å². The van der Waals surface area contributed by atoms with Crippen LogP contribution in [0.4, 0.5) is 0 Å². The molecule has 2 heteroatoms. The van der Waals surface area contributed by atoms with Crippen molar-refractivity contribution < 1.29 is 9.84 Å². The molecular formula is C14H20O2. The first-order valence-corrected chi connectivity index (χ1v) is 6.06. The Morgan fingerprint density at radius 3 is 2.81 bits per heavy atom. The third kappa shape index (κ3) is 3.06. The summed E-state index contributed by atoms with van der Waals surface area (Å²) in [6.07, 6.45) is 4.42. The summed E-state index contributed by atoms with van der Waals surface area (Å²) in [6, 6.07) is 8.01. The monoisotopic (exact) mass is 220 g/mol. The molecule has 1 aromatic rings. The van der Waals surface area contributed by atoms with Crippen molar-refractivity contribution in [3.63, 3.8) is 0 Å². The summed E-state index contributed by atoms with van der Waals surface area (Å²) in [6.45, 7) is 0.580. The van der Waals surface area contributed by atoms with Crippen LogP contribution in [0.5, 0.6) is 0 Å². The normalized spacial score (nSPS) is 17.4. The Hall–Kier alpha value is -0.860. The van der Waals surface area contributed by atoms with Gasteiger partial charge in [-0.1, -0.05) is 37.1 Å². The molecule has 1 N–H and O–H groups in total. The minimum atomic E-state index is -0.327. The van der Waals surface area contributed by atoms with Crippen LogP contribution in [0.3, 0.4) is 0 Å². The number of hydrogen-bond donors (Lipinski definition) is 1. The molecule has 1 aliphatic rings. The lowest BCUT2D eigenvalue weighted by atomic mass is 9.98. The summed E-state index contributed by atoms with van der Waals surface area (Å²) in [5, 5.41) is 10.1. The Morgan fingerprint density at radius 1 is 1.38 bits per heavy atom. The van der Waals surface area contributed by atoms with Gasteiger partial charge in [-0.2, -0.15) is 0 Å². The summed E-state index contributed by atoms with van der Waals surface area (Å²) in [5.41, 5.74) is 2.14. The Kier molecular flexibility index (Phi) is 3.97. The zero-order valence-electron chi connectivity index (χ0n) is 9.86. The number of aliphatic hydroxyl groups is 1. The first kappa shape index (κ1) is 11.6. The lowest BCUT2D eigenvalue weighted by Crippen LogP contribution is -2.03. The largest absolute Gasteiger partial charge is 0.388 e. The molecule has 1 unspecified atom stereocenters. The zero-order valence-corrected chi connectivity index (χ0v) is 9.86. The molecule has 16 heavy (non-hydrogen) atoms. The van der Waals surface area contributed by atoms with Crippen molar-refractivity contribution in [2.75, 3.05) is 7.11 Å². The Balaban J connectivity index is 1.98. The van der Waals surface area contributed by atoms with Crippen LogP contribution in [0, 0.1) is 5.92 Å². The molecule has 0 saturated heterocycles. The van der Waals surface area contributed by atoms with Crippen LogP contribution in [0.2, 0.25) is 0 Å². The minimum absolute atomic E-state index is 0.327. The Labute approximate surface area is 97.3 Å². The van der Waals surface area contributed by atoms with Crippen LogP contribution in [-0.2, 0) is 11.3 Å². The lowest BCUT2D eigenvalue weighted by Gasteiger charge is -2.15. The summed E-state index contributed by atoms with van der Waals surface area (Å²) in [5.74, 6) is 0.879. The van der Waals surface area contributed by atoms with Gasteiger partial charge in [-0.3, -0.25) is 0 Å². The van der Waals surface area contributed by atoms with E-state index in [0.717, 1.165) is 29.9 Å². The molecule has 2 nitrogen and oxygen atoms in total. The predicted molar refractivity (Wildman–Crippen MR) is 64.1 cm³/mol. The molecular weight excluding hydrogens is 200 g/mol. The highest BCUT2D eigenvalue weighted by Gasteiger charge is 2.22. The molecule has 1 saturated carbocycles. The summed E-state index contributed by atoms with van der Waals surface area (Å²) >= 11 is 0. The Morgan fingerprint density at radius 2 is 2.12 bits per heavy atom. The molecule has 1 aliphatic carbocycles. The molecule has 0 heterocycles. The van der Waals surface area contributed by atoms with Crippen molar-refractivity contribution in [3.8, 4) is 0 Å². The maximum Gasteiger partial charge on any atom is 0.0793 e. The molecule has 0 spiro atoms. The second kappa shape index (κ2) is 5.46. The molecule has 0 radical (unpaired) electrons. The van der Waals surface area contributed by atoms with E-state index in [-0.39, 0.29) is 6.10 Å². The van der Waals surface area contributed by atoms with E-state index in [0.29, 0.717) is 6.61 Å². The number of aliphatic hydroxyl groups excluding tert-OH is 1. The van der Waals surface area contributed by atoms with Crippen LogP contribution in [0.1, 0.15) is 42.9 Å². The van der Waals surface area contributed by atoms with Crippen LogP contribution in [-0.4, -0.2) is 12.2 Å². The van der Waals surface area contributed by atoms with Gasteiger partial charge in [0.05, 0.1) is 12.7 Å². The first-order valence-electron chi connectivity index (χ1n) is 6.06. The van der Waals surface area contributed by atoms with Crippen molar-refractivity contribution >= 4 is 0 Å². The summed E-state index contributed by atoms with van der Waals surface area (Å²) in [7, 11) is 1.69. The topological polar surface area (TPSA) is 29.5 Å². The van der Waals surface area contributed by atoms with E-state index in [4.69, 9.17) is 4.74 Å². The fraction of sp³-hybridized carbons (Fsp3) is 0.571. The minimum Gasteiger partial charge on any atom is -0.388 e. The maximum absolute atomic E-state index is 10.1. The average molecular weight is 220 g/mol. The number of ether oxygens (including phenoxy) is 1. The van der Waals surface area contributed by atoms with Gasteiger partial charge in [0.1, 0.15) is 0 Å². The third-order valence-electron chi connectivity index (χ3n) is 3.26. The van der Waals surface area contributed by atoms with E-state index in [9.17, 15) is 5.11 Å². The molecule has 0 amide bonds. The molecule has 1 aromatic carbocycles. The predicted octanol–water partition coefficient (Wildman–Crippen LogP) is 3.06. The third-order valence-corrected chi connectivity index (χ3v) is 3.26. The van der Waals surface area contributed by atoms with E-state index >= 15 is 0 Å². The molecule has 88 valence electrons. The van der Waals surface area contributed by atoms with Gasteiger partial charge in [-0.15, -0.1) is 0 Å². The fourth-order valence-corrected chi connectivity index (χ4v) is 2.10. The molecule has 0 aromatic heterocycles. The SMILES string of the molecule is COCc1ccccc1C(O)CCC1CC1. The quantitative estimate of drug-likeness (QED) is 0.798. The second-order valence-electron chi connectivity index (χ2n) is 4.67. The molecule has 1 fully saturated rings. The highest BCUT2D eigenvalue weighted by Crippen LogP contribution is 2.36. The molecule has 0 aliphatic heterocycles. The van der Waals surface area contributed by atoms with E-state index in [1.165, 1.54) is 12.8 Å². The van der Waals surface area contributed by atoms with E-state index in [2.05, 4.69) is 0 Å². The van der Waals surface area contributed by atoms with Gasteiger partial charge in [-0.05, 0) is 29.9 Å². The van der Waals surface area contributed by atoms with E-state index in [1.54, 1.807) is 7.11 Å². The average Bonchev–Trinajstić information content (AvgIpc) is 3.11. The van der Waals surface area contributed by atoms with Gasteiger partial charge in [0.25, 0.3) is 0 Å². The number of benzene rings is 1. The smallest absolute Gasteiger partial charge is 0.0793 e. The van der Waals surface area contributed by atoms with Crippen LogP contribution in [0.25, 0.3) is 0 Å². The van der Waals surface area contributed by atoms with Crippen molar-refractivity contribution in [2.45, 2.75) is 38.4 Å². The summed E-state index contributed by atoms with van der Waals surface area (Å²) < 4.78 is 5.15. The van der Waals surface area contributed by atoms with Gasteiger partial charge in [-0.25, -0.2) is 0 Å². The van der Waals surface area contributed by atoms with E-state index in [1.807, 2.05) is 24.3 Å². The van der Waals surface area contributed by atoms with Gasteiger partial charge in [0, 0.05) is 7.11 Å². The zero-order chi connectivity index (χ0) is 11.4. The number of hydrogen-bond acceptors (Lipinski definition) is 2. The molecule has 1 atom stereocenters. The van der Waals surface area contributed by atoms with Crippen LogP contribution < -0.4 is 0 Å². The number of methoxy groups -OCH3 is 1. The summed E-state index contributed by atoms with van der Waals surface area (Å²) in [4.78, 5) is 0. The molecule has 2 rings (SSSR count).